The van der Waals surface area contributed by atoms with E-state index in [4.69, 9.17) is 9.72 Å². The van der Waals surface area contributed by atoms with Crippen molar-refractivity contribution in [2.45, 2.75) is 109 Å². The standard InChI is InChI=1S/C25H39F2N5O3S/c1-8-18(31-36(34)24(5,6)7)17-13-20-29-19(15-32(20)28-14-17)21(30-22(33)35-23(2,3)4)16-9-11-25(26,27)12-10-16/h13-16,18,21,31H,8-12H2,1-7H3,(H,30,33)/t18-,21-,36-/m0/s1. The zero-order valence-corrected chi connectivity index (χ0v) is 23.0. The Morgan fingerprint density at radius 2 is 1.92 bits per heavy atom. The highest BCUT2D eigenvalue weighted by molar-refractivity contribution is 7.90. The number of imidazole rings is 1. The van der Waals surface area contributed by atoms with Gasteiger partial charge in [0.1, 0.15) is 10.3 Å². The van der Waals surface area contributed by atoms with Crippen LogP contribution in [-0.2, 0) is 16.1 Å². The lowest BCUT2D eigenvalue weighted by Gasteiger charge is -2.33. The maximum atomic E-state index is 13.8. The van der Waals surface area contributed by atoms with E-state index in [0.29, 0.717) is 17.8 Å². The molecule has 2 N–H and O–H groups in total. The molecule has 1 amide bonds. The fraction of sp³-hybridized carbons (Fsp3) is 0.720. The lowest BCUT2D eigenvalue weighted by atomic mass is 9.81. The van der Waals surface area contributed by atoms with E-state index < -0.39 is 39.8 Å². The molecular formula is C25H39F2N5O3S. The van der Waals surface area contributed by atoms with E-state index in [-0.39, 0.29) is 37.6 Å². The predicted octanol–water partition coefficient (Wildman–Crippen LogP) is 5.62. The van der Waals surface area contributed by atoms with Crippen LogP contribution in [0.2, 0.25) is 0 Å². The number of hydrogen-bond donors (Lipinski definition) is 2. The van der Waals surface area contributed by atoms with E-state index in [2.05, 4.69) is 15.1 Å². The number of alkyl halides is 2. The minimum Gasteiger partial charge on any atom is -0.598 e. The number of aromatic nitrogens is 3. The van der Waals surface area contributed by atoms with Crippen LogP contribution in [0.1, 0.15) is 104 Å². The van der Waals surface area contributed by atoms with Crippen molar-refractivity contribution >= 4 is 23.1 Å². The van der Waals surface area contributed by atoms with Gasteiger partial charge in [-0.3, -0.25) is 0 Å². The van der Waals surface area contributed by atoms with Crippen molar-refractivity contribution in [2.75, 3.05) is 0 Å². The van der Waals surface area contributed by atoms with Gasteiger partial charge < -0.3 is 14.6 Å². The number of alkyl carbamates (subject to hydrolysis) is 1. The third kappa shape index (κ3) is 7.52. The summed E-state index contributed by atoms with van der Waals surface area (Å²) in [5, 5.41) is 7.36. The number of amides is 1. The number of fused-ring (bicyclic) bond motifs is 1. The fourth-order valence-corrected chi connectivity index (χ4v) is 5.12. The molecule has 8 nitrogen and oxygen atoms in total. The van der Waals surface area contributed by atoms with Crippen molar-refractivity contribution in [2.24, 2.45) is 5.92 Å². The van der Waals surface area contributed by atoms with Gasteiger partial charge in [0, 0.05) is 24.2 Å². The summed E-state index contributed by atoms with van der Waals surface area (Å²) >= 11 is -1.26. The molecule has 3 rings (SSSR count). The third-order valence-electron chi connectivity index (χ3n) is 6.20. The van der Waals surface area contributed by atoms with Crippen LogP contribution < -0.4 is 10.0 Å². The van der Waals surface area contributed by atoms with Crippen molar-refractivity contribution in [3.05, 3.63) is 29.7 Å². The van der Waals surface area contributed by atoms with Gasteiger partial charge in [-0.25, -0.2) is 23.1 Å². The molecule has 0 saturated heterocycles. The third-order valence-corrected chi connectivity index (χ3v) is 7.81. The molecule has 3 atom stereocenters. The van der Waals surface area contributed by atoms with Crippen LogP contribution in [0.25, 0.3) is 5.65 Å². The Morgan fingerprint density at radius 1 is 1.28 bits per heavy atom. The normalized spacial score (nSPS) is 19.6. The topological polar surface area (TPSA) is 104 Å². The average molecular weight is 528 g/mol. The van der Waals surface area contributed by atoms with Crippen LogP contribution in [0.4, 0.5) is 13.6 Å². The van der Waals surface area contributed by atoms with Gasteiger partial charge in [-0.05, 0) is 78.4 Å². The number of hydrogen-bond acceptors (Lipinski definition) is 6. The number of nitrogens with one attached hydrogen (secondary N) is 2. The molecule has 1 aliphatic rings. The van der Waals surface area contributed by atoms with E-state index in [0.717, 1.165) is 5.56 Å². The first kappa shape index (κ1) is 28.6. The van der Waals surface area contributed by atoms with Crippen LogP contribution in [0.3, 0.4) is 0 Å². The minimum absolute atomic E-state index is 0.182. The molecule has 2 aromatic rings. The zero-order valence-electron chi connectivity index (χ0n) is 22.2. The minimum atomic E-state index is -2.68. The first-order valence-electron chi connectivity index (χ1n) is 12.5. The summed E-state index contributed by atoms with van der Waals surface area (Å²) in [5.41, 5.74) is 1.24. The Morgan fingerprint density at radius 3 is 2.47 bits per heavy atom. The molecule has 36 heavy (non-hydrogen) atoms. The Labute approximate surface area is 215 Å². The summed E-state index contributed by atoms with van der Waals surface area (Å²) in [7, 11) is 0. The Balaban J connectivity index is 1.89. The van der Waals surface area contributed by atoms with Crippen LogP contribution in [0, 0.1) is 5.92 Å². The number of ether oxygens (including phenoxy) is 1. The molecule has 0 radical (unpaired) electrons. The second kappa shape index (κ2) is 10.8. The quantitative estimate of drug-likeness (QED) is 0.453. The Kier molecular flexibility index (Phi) is 8.57. The van der Waals surface area contributed by atoms with Gasteiger partial charge in [0.15, 0.2) is 5.65 Å². The van der Waals surface area contributed by atoms with Crippen molar-refractivity contribution < 1.29 is 22.9 Å². The Bertz CT molecular complexity index is 1040. The Hall–Kier alpha value is -1.98. The van der Waals surface area contributed by atoms with Gasteiger partial charge in [0.2, 0.25) is 5.92 Å². The van der Waals surface area contributed by atoms with Crippen molar-refractivity contribution in [3.63, 3.8) is 0 Å². The van der Waals surface area contributed by atoms with Crippen LogP contribution in [0.15, 0.2) is 18.5 Å². The van der Waals surface area contributed by atoms with Crippen molar-refractivity contribution in [3.8, 4) is 0 Å². The highest BCUT2D eigenvalue weighted by atomic mass is 32.2. The second-order valence-corrected chi connectivity index (χ2v) is 13.5. The maximum absolute atomic E-state index is 13.8. The van der Waals surface area contributed by atoms with Gasteiger partial charge in [-0.2, -0.15) is 5.10 Å². The van der Waals surface area contributed by atoms with Crippen LogP contribution >= 0.6 is 0 Å². The fourth-order valence-electron chi connectivity index (χ4n) is 4.21. The van der Waals surface area contributed by atoms with Gasteiger partial charge in [0.25, 0.3) is 0 Å². The van der Waals surface area contributed by atoms with Gasteiger partial charge in [-0.15, -0.1) is 4.72 Å². The maximum Gasteiger partial charge on any atom is 0.408 e. The molecule has 11 heteroatoms. The molecular weight excluding hydrogens is 488 g/mol. The molecule has 0 aromatic carbocycles. The molecule has 1 saturated carbocycles. The second-order valence-electron chi connectivity index (χ2n) is 11.5. The summed E-state index contributed by atoms with van der Waals surface area (Å²) in [6, 6.07) is 1.10. The summed E-state index contributed by atoms with van der Waals surface area (Å²) in [5.74, 6) is -2.89. The molecule has 0 unspecified atom stereocenters. The van der Waals surface area contributed by atoms with Gasteiger partial charge in [0.05, 0.1) is 30.2 Å². The van der Waals surface area contributed by atoms with Gasteiger partial charge >= 0.3 is 6.09 Å². The molecule has 1 fully saturated rings. The number of rotatable bonds is 7. The van der Waals surface area contributed by atoms with E-state index >= 15 is 0 Å². The van der Waals surface area contributed by atoms with E-state index in [9.17, 15) is 18.1 Å². The van der Waals surface area contributed by atoms with Gasteiger partial charge in [-0.1, -0.05) is 6.92 Å². The lowest BCUT2D eigenvalue weighted by molar-refractivity contribution is -0.0500. The summed E-state index contributed by atoms with van der Waals surface area (Å²) < 4.78 is 50.1. The largest absolute Gasteiger partial charge is 0.598 e. The van der Waals surface area contributed by atoms with E-state index in [1.807, 2.05) is 33.8 Å². The number of carbonyl (C=O) groups is 1. The lowest BCUT2D eigenvalue weighted by Crippen LogP contribution is -2.41. The highest BCUT2D eigenvalue weighted by Gasteiger charge is 2.40. The number of nitrogens with zero attached hydrogens (tertiary/aromatic N) is 3. The molecule has 2 aromatic heterocycles. The molecule has 2 heterocycles. The van der Waals surface area contributed by atoms with Crippen LogP contribution in [-0.4, -0.2) is 41.5 Å². The molecule has 1 aliphatic carbocycles. The molecule has 0 bridgehead atoms. The van der Waals surface area contributed by atoms with Crippen molar-refractivity contribution in [1.82, 2.24) is 24.6 Å². The number of halogens is 2. The summed E-state index contributed by atoms with van der Waals surface area (Å²) in [6.45, 7) is 13.0. The summed E-state index contributed by atoms with van der Waals surface area (Å²) in [6.07, 6.45) is 3.58. The first-order valence-corrected chi connectivity index (χ1v) is 13.6. The van der Waals surface area contributed by atoms with Crippen LogP contribution in [0.5, 0.6) is 0 Å². The molecule has 0 spiro atoms. The molecule has 202 valence electrons. The average Bonchev–Trinajstić information content (AvgIpc) is 3.17. The first-order chi connectivity index (χ1) is 16.6. The summed E-state index contributed by atoms with van der Waals surface area (Å²) in [4.78, 5) is 17.3. The van der Waals surface area contributed by atoms with E-state index in [1.165, 1.54) is 0 Å². The molecule has 0 aliphatic heterocycles. The smallest absolute Gasteiger partial charge is 0.408 e. The van der Waals surface area contributed by atoms with E-state index in [1.54, 1.807) is 37.7 Å². The SMILES string of the molecule is CC[C@H](N[S@@+]([O-])C(C)(C)C)c1cnn2cc([C@@H](NC(=O)OC(C)(C)C)C3CCC(F)(F)CC3)nc2c1. The zero-order chi connectivity index (χ0) is 26.9. The predicted molar refractivity (Wildman–Crippen MR) is 136 cm³/mol. The number of carbonyl (C=O) groups excluding carboxylic acids is 1. The highest BCUT2D eigenvalue weighted by Crippen LogP contribution is 2.41. The van der Waals surface area contributed by atoms with Crippen molar-refractivity contribution in [1.29, 1.82) is 0 Å². The monoisotopic (exact) mass is 527 g/mol.